The highest BCUT2D eigenvalue weighted by Gasteiger charge is 2.04. The Morgan fingerprint density at radius 2 is 1.24 bits per heavy atom. The number of benzene rings is 2. The molecule has 0 amide bonds. The molecule has 5 nitrogen and oxygen atoms in total. The quantitative estimate of drug-likeness (QED) is 0.769. The standard InChI is InChI=1S/C16H19N3O2/c20-12-10-19(11-13-21)16-8-6-15(7-9-16)18-17-14-4-2-1-3-5-14/h1-9,20-21H,10-13H2/b18-17+. The van der Waals surface area contributed by atoms with E-state index in [1.54, 1.807) is 0 Å². The molecule has 0 spiro atoms. The van der Waals surface area contributed by atoms with Crippen LogP contribution in [0.2, 0.25) is 0 Å². The van der Waals surface area contributed by atoms with E-state index in [1.807, 2.05) is 59.5 Å². The van der Waals surface area contributed by atoms with Crippen LogP contribution in [0.25, 0.3) is 0 Å². The minimum absolute atomic E-state index is 0.0511. The molecule has 0 fully saturated rings. The fourth-order valence-electron chi connectivity index (χ4n) is 1.95. The van der Waals surface area contributed by atoms with E-state index in [0.29, 0.717) is 13.1 Å². The highest BCUT2D eigenvalue weighted by molar-refractivity contribution is 5.53. The molecule has 110 valence electrons. The van der Waals surface area contributed by atoms with Crippen LogP contribution in [0.15, 0.2) is 64.8 Å². The van der Waals surface area contributed by atoms with Crippen molar-refractivity contribution in [3.05, 3.63) is 54.6 Å². The second kappa shape index (κ2) is 8.14. The Balaban J connectivity index is 2.06. The van der Waals surface area contributed by atoms with E-state index in [0.717, 1.165) is 17.1 Å². The van der Waals surface area contributed by atoms with Crippen LogP contribution in [-0.4, -0.2) is 36.5 Å². The number of hydrogen-bond donors (Lipinski definition) is 2. The molecule has 0 saturated carbocycles. The van der Waals surface area contributed by atoms with E-state index >= 15 is 0 Å². The third-order valence-corrected chi connectivity index (χ3v) is 2.99. The van der Waals surface area contributed by atoms with Crippen LogP contribution in [0.1, 0.15) is 0 Å². The van der Waals surface area contributed by atoms with Crippen molar-refractivity contribution < 1.29 is 10.2 Å². The number of aliphatic hydroxyl groups excluding tert-OH is 2. The zero-order chi connectivity index (χ0) is 14.9. The third kappa shape index (κ3) is 4.66. The van der Waals surface area contributed by atoms with E-state index in [9.17, 15) is 0 Å². The maximum Gasteiger partial charge on any atom is 0.0858 e. The van der Waals surface area contributed by atoms with Gasteiger partial charge in [-0.3, -0.25) is 0 Å². The minimum atomic E-state index is 0.0511. The normalized spacial score (nSPS) is 11.0. The molecular formula is C16H19N3O2. The fourth-order valence-corrected chi connectivity index (χ4v) is 1.95. The molecule has 2 aromatic carbocycles. The van der Waals surface area contributed by atoms with E-state index in [4.69, 9.17) is 10.2 Å². The lowest BCUT2D eigenvalue weighted by Crippen LogP contribution is -2.29. The summed E-state index contributed by atoms with van der Waals surface area (Å²) >= 11 is 0. The Hall–Kier alpha value is -2.24. The summed E-state index contributed by atoms with van der Waals surface area (Å²) in [6.07, 6.45) is 0. The molecule has 0 aliphatic carbocycles. The van der Waals surface area contributed by atoms with Crippen molar-refractivity contribution in [1.82, 2.24) is 0 Å². The summed E-state index contributed by atoms with van der Waals surface area (Å²) in [6.45, 7) is 1.09. The Kier molecular flexibility index (Phi) is 5.87. The molecule has 0 radical (unpaired) electrons. The van der Waals surface area contributed by atoms with E-state index in [1.165, 1.54) is 0 Å². The van der Waals surface area contributed by atoms with E-state index < -0.39 is 0 Å². The zero-order valence-corrected chi connectivity index (χ0v) is 11.8. The highest BCUT2D eigenvalue weighted by Crippen LogP contribution is 2.22. The van der Waals surface area contributed by atoms with Crippen LogP contribution < -0.4 is 4.90 Å². The van der Waals surface area contributed by atoms with Gasteiger partial charge < -0.3 is 15.1 Å². The summed E-state index contributed by atoms with van der Waals surface area (Å²) in [7, 11) is 0. The zero-order valence-electron chi connectivity index (χ0n) is 11.8. The van der Waals surface area contributed by atoms with Crippen molar-refractivity contribution in [1.29, 1.82) is 0 Å². The molecule has 2 rings (SSSR count). The van der Waals surface area contributed by atoms with Crippen LogP contribution in [0.4, 0.5) is 17.1 Å². The molecule has 0 heterocycles. The Bertz CT molecular complexity index is 549. The minimum Gasteiger partial charge on any atom is -0.395 e. The van der Waals surface area contributed by atoms with Crippen molar-refractivity contribution in [3.63, 3.8) is 0 Å². The first-order valence-corrected chi connectivity index (χ1v) is 6.87. The monoisotopic (exact) mass is 285 g/mol. The number of anilines is 1. The van der Waals surface area contributed by atoms with Crippen molar-refractivity contribution in [3.8, 4) is 0 Å². The molecule has 0 unspecified atom stereocenters. The van der Waals surface area contributed by atoms with Gasteiger partial charge in [0, 0.05) is 18.8 Å². The maximum atomic E-state index is 9.03. The largest absolute Gasteiger partial charge is 0.395 e. The van der Waals surface area contributed by atoms with Crippen LogP contribution in [0.5, 0.6) is 0 Å². The number of nitrogens with zero attached hydrogens (tertiary/aromatic N) is 3. The summed E-state index contributed by atoms with van der Waals surface area (Å²) in [5.41, 5.74) is 2.51. The predicted molar refractivity (Wildman–Crippen MR) is 83.4 cm³/mol. The molecule has 21 heavy (non-hydrogen) atoms. The summed E-state index contributed by atoms with van der Waals surface area (Å²) in [5.74, 6) is 0. The lowest BCUT2D eigenvalue weighted by Gasteiger charge is -2.22. The van der Waals surface area contributed by atoms with Gasteiger partial charge >= 0.3 is 0 Å². The Labute approximate surface area is 124 Å². The van der Waals surface area contributed by atoms with Crippen molar-refractivity contribution >= 4 is 17.1 Å². The first-order valence-electron chi connectivity index (χ1n) is 6.87. The van der Waals surface area contributed by atoms with Gasteiger partial charge in [-0.05, 0) is 36.4 Å². The lowest BCUT2D eigenvalue weighted by atomic mass is 10.2. The first-order chi connectivity index (χ1) is 10.3. The van der Waals surface area contributed by atoms with Crippen molar-refractivity contribution in [2.45, 2.75) is 0 Å². The molecule has 5 heteroatoms. The molecular weight excluding hydrogens is 266 g/mol. The van der Waals surface area contributed by atoms with Gasteiger partial charge in [-0.15, -0.1) is 0 Å². The maximum absolute atomic E-state index is 9.03. The molecule has 2 aromatic rings. The van der Waals surface area contributed by atoms with Gasteiger partial charge in [-0.25, -0.2) is 0 Å². The summed E-state index contributed by atoms with van der Waals surface area (Å²) < 4.78 is 0. The lowest BCUT2D eigenvalue weighted by molar-refractivity contribution is 0.281. The molecule has 0 saturated heterocycles. The van der Waals surface area contributed by atoms with Crippen LogP contribution >= 0.6 is 0 Å². The van der Waals surface area contributed by atoms with Crippen LogP contribution in [0.3, 0.4) is 0 Å². The topological polar surface area (TPSA) is 68.4 Å². The van der Waals surface area contributed by atoms with Gasteiger partial charge in [0.05, 0.1) is 24.6 Å². The smallest absolute Gasteiger partial charge is 0.0858 e. The summed E-state index contributed by atoms with van der Waals surface area (Å²) in [4.78, 5) is 1.91. The van der Waals surface area contributed by atoms with Crippen molar-refractivity contribution in [2.24, 2.45) is 10.2 Å². The molecule has 0 atom stereocenters. The second-order valence-corrected chi connectivity index (χ2v) is 4.49. The van der Waals surface area contributed by atoms with Gasteiger partial charge in [0.2, 0.25) is 0 Å². The summed E-state index contributed by atoms with van der Waals surface area (Å²) in [5, 5.41) is 26.4. The average molecular weight is 285 g/mol. The fraction of sp³-hybridized carbons (Fsp3) is 0.250. The van der Waals surface area contributed by atoms with Crippen LogP contribution in [-0.2, 0) is 0 Å². The van der Waals surface area contributed by atoms with Gasteiger partial charge in [-0.1, -0.05) is 18.2 Å². The van der Waals surface area contributed by atoms with Gasteiger partial charge in [0.15, 0.2) is 0 Å². The van der Waals surface area contributed by atoms with E-state index in [2.05, 4.69) is 10.2 Å². The third-order valence-electron chi connectivity index (χ3n) is 2.99. The average Bonchev–Trinajstić information content (AvgIpc) is 2.54. The molecule has 0 aliphatic heterocycles. The van der Waals surface area contributed by atoms with Crippen LogP contribution in [0, 0.1) is 0 Å². The highest BCUT2D eigenvalue weighted by atomic mass is 16.3. The molecule has 0 aliphatic rings. The van der Waals surface area contributed by atoms with E-state index in [-0.39, 0.29) is 13.2 Å². The second-order valence-electron chi connectivity index (χ2n) is 4.49. The number of rotatable bonds is 7. The molecule has 0 bridgehead atoms. The first kappa shape index (κ1) is 15.2. The number of aliphatic hydroxyl groups is 2. The van der Waals surface area contributed by atoms with Gasteiger partial charge in [0.25, 0.3) is 0 Å². The Morgan fingerprint density at radius 1 is 0.714 bits per heavy atom. The van der Waals surface area contributed by atoms with Crippen molar-refractivity contribution in [2.75, 3.05) is 31.2 Å². The predicted octanol–water partition coefficient (Wildman–Crippen LogP) is 2.89. The molecule has 2 N–H and O–H groups in total. The Morgan fingerprint density at radius 3 is 1.76 bits per heavy atom. The van der Waals surface area contributed by atoms with Gasteiger partial charge in [-0.2, -0.15) is 10.2 Å². The molecule has 0 aromatic heterocycles. The summed E-state index contributed by atoms with van der Waals surface area (Å²) in [6, 6.07) is 17.1. The number of hydrogen-bond acceptors (Lipinski definition) is 5. The van der Waals surface area contributed by atoms with Gasteiger partial charge in [0.1, 0.15) is 0 Å². The number of azo groups is 1. The SMILES string of the molecule is OCCN(CCO)c1ccc(/N=N/c2ccccc2)cc1.